The predicted molar refractivity (Wildman–Crippen MR) is 101 cm³/mol. The summed E-state index contributed by atoms with van der Waals surface area (Å²) in [6.45, 7) is 4.26. The van der Waals surface area contributed by atoms with Crippen molar-refractivity contribution in [3.8, 4) is 5.75 Å². The molecule has 0 bridgehead atoms. The Balaban J connectivity index is 1.71. The van der Waals surface area contributed by atoms with Crippen LogP contribution in [-0.4, -0.2) is 24.5 Å². The zero-order chi connectivity index (χ0) is 18.7. The molecule has 5 heteroatoms. The number of ether oxygens (including phenoxy) is 1. The molecular weight excluding hydrogens is 331 g/mol. The van der Waals surface area contributed by atoms with E-state index in [0.717, 1.165) is 22.3 Å². The van der Waals surface area contributed by atoms with Crippen LogP contribution in [0.1, 0.15) is 25.0 Å². The second-order valence-corrected chi connectivity index (χ2v) is 6.84. The number of benzene rings is 2. The van der Waals surface area contributed by atoms with E-state index < -0.39 is 5.41 Å². The van der Waals surface area contributed by atoms with Gasteiger partial charge in [0.15, 0.2) is 0 Å². The first-order valence-corrected chi connectivity index (χ1v) is 8.61. The SMILES string of the molecule is COc1ccccc1CCNC(=O)C(C)(C)c1c[nH]c2cc(F)ccc12. The van der Waals surface area contributed by atoms with Crippen molar-refractivity contribution in [1.29, 1.82) is 0 Å². The van der Waals surface area contributed by atoms with Gasteiger partial charge in [-0.3, -0.25) is 4.79 Å². The second kappa shape index (κ2) is 7.20. The average Bonchev–Trinajstić information content (AvgIpc) is 3.05. The van der Waals surface area contributed by atoms with Crippen LogP contribution in [0, 0.1) is 5.82 Å². The monoisotopic (exact) mass is 354 g/mol. The maximum absolute atomic E-state index is 13.4. The molecular formula is C21H23FN2O2. The standard InChI is InChI=1S/C21H23FN2O2/c1-21(2,17-13-24-18-12-15(22)8-9-16(17)18)20(25)23-11-10-14-6-4-5-7-19(14)26-3/h4-9,12-13,24H,10-11H2,1-3H3,(H,23,25). The van der Waals surface area contributed by atoms with Crippen LogP contribution in [0.2, 0.25) is 0 Å². The Hall–Kier alpha value is -2.82. The van der Waals surface area contributed by atoms with Gasteiger partial charge in [0.05, 0.1) is 12.5 Å². The topological polar surface area (TPSA) is 54.1 Å². The average molecular weight is 354 g/mol. The van der Waals surface area contributed by atoms with Crippen molar-refractivity contribution >= 4 is 16.8 Å². The first kappa shape index (κ1) is 18.0. The number of hydrogen-bond donors (Lipinski definition) is 2. The number of amides is 1. The lowest BCUT2D eigenvalue weighted by molar-refractivity contribution is -0.125. The molecule has 2 N–H and O–H groups in total. The van der Waals surface area contributed by atoms with Gasteiger partial charge >= 0.3 is 0 Å². The summed E-state index contributed by atoms with van der Waals surface area (Å²) in [6, 6.07) is 12.3. The number of methoxy groups -OCH3 is 1. The molecule has 0 fully saturated rings. The molecule has 0 saturated carbocycles. The molecule has 0 atom stereocenters. The van der Waals surface area contributed by atoms with E-state index in [0.29, 0.717) is 18.5 Å². The molecule has 2 aromatic carbocycles. The summed E-state index contributed by atoms with van der Waals surface area (Å²) in [5, 5.41) is 3.86. The number of H-pyrrole nitrogens is 1. The second-order valence-electron chi connectivity index (χ2n) is 6.84. The molecule has 136 valence electrons. The third kappa shape index (κ3) is 3.43. The van der Waals surface area contributed by atoms with Gasteiger partial charge in [-0.2, -0.15) is 0 Å². The largest absolute Gasteiger partial charge is 0.496 e. The quantitative estimate of drug-likeness (QED) is 0.704. The maximum atomic E-state index is 13.4. The van der Waals surface area contributed by atoms with E-state index in [-0.39, 0.29) is 11.7 Å². The lowest BCUT2D eigenvalue weighted by Crippen LogP contribution is -2.40. The third-order valence-electron chi connectivity index (χ3n) is 4.76. The Bertz CT molecular complexity index is 931. The van der Waals surface area contributed by atoms with Crippen molar-refractivity contribution < 1.29 is 13.9 Å². The zero-order valence-electron chi connectivity index (χ0n) is 15.2. The van der Waals surface area contributed by atoms with E-state index in [1.165, 1.54) is 12.1 Å². The van der Waals surface area contributed by atoms with Crippen molar-refractivity contribution in [2.75, 3.05) is 13.7 Å². The highest BCUT2D eigenvalue weighted by Crippen LogP contribution is 2.31. The number of nitrogens with one attached hydrogen (secondary N) is 2. The predicted octanol–water partition coefficient (Wildman–Crippen LogP) is 3.95. The zero-order valence-corrected chi connectivity index (χ0v) is 15.2. The molecule has 1 aromatic heterocycles. The van der Waals surface area contributed by atoms with Crippen LogP contribution >= 0.6 is 0 Å². The highest BCUT2D eigenvalue weighted by Gasteiger charge is 2.32. The molecule has 0 spiro atoms. The van der Waals surface area contributed by atoms with Crippen LogP contribution in [0.4, 0.5) is 4.39 Å². The van der Waals surface area contributed by atoms with Crippen molar-refractivity contribution in [1.82, 2.24) is 10.3 Å². The molecule has 26 heavy (non-hydrogen) atoms. The van der Waals surface area contributed by atoms with Crippen molar-refractivity contribution in [3.63, 3.8) is 0 Å². The Morgan fingerprint density at radius 3 is 2.77 bits per heavy atom. The fraction of sp³-hybridized carbons (Fsp3) is 0.286. The summed E-state index contributed by atoms with van der Waals surface area (Å²) in [5.74, 6) is 0.447. The molecule has 1 amide bonds. The fourth-order valence-electron chi connectivity index (χ4n) is 3.18. The van der Waals surface area contributed by atoms with Crippen LogP contribution < -0.4 is 10.1 Å². The number of halogens is 1. The Morgan fingerprint density at radius 1 is 1.23 bits per heavy atom. The summed E-state index contributed by atoms with van der Waals surface area (Å²) in [6.07, 6.45) is 2.47. The molecule has 0 saturated heterocycles. The number of para-hydroxylation sites is 1. The van der Waals surface area contributed by atoms with Gasteiger partial charge in [-0.05, 0) is 55.7 Å². The van der Waals surface area contributed by atoms with Gasteiger partial charge in [0.1, 0.15) is 11.6 Å². The van der Waals surface area contributed by atoms with Gasteiger partial charge in [-0.25, -0.2) is 4.39 Å². The first-order chi connectivity index (χ1) is 12.4. The number of aromatic nitrogens is 1. The Kier molecular flexibility index (Phi) is 4.98. The maximum Gasteiger partial charge on any atom is 0.230 e. The van der Waals surface area contributed by atoms with Crippen molar-refractivity contribution in [2.45, 2.75) is 25.7 Å². The molecule has 3 aromatic rings. The number of carbonyl (C=O) groups excluding carboxylic acids is 1. The van der Waals surface area contributed by atoms with E-state index in [4.69, 9.17) is 4.74 Å². The minimum absolute atomic E-state index is 0.0716. The molecule has 0 radical (unpaired) electrons. The number of fused-ring (bicyclic) bond motifs is 1. The molecule has 3 rings (SSSR count). The molecule has 4 nitrogen and oxygen atoms in total. The van der Waals surface area contributed by atoms with Crippen LogP contribution in [0.25, 0.3) is 10.9 Å². The molecule has 0 aliphatic heterocycles. The van der Waals surface area contributed by atoms with Gasteiger partial charge in [0, 0.05) is 23.6 Å². The Morgan fingerprint density at radius 2 is 2.00 bits per heavy atom. The van der Waals surface area contributed by atoms with Crippen LogP contribution in [-0.2, 0) is 16.6 Å². The normalized spacial score (nSPS) is 11.5. The van der Waals surface area contributed by atoms with Gasteiger partial charge in [0.25, 0.3) is 0 Å². The van der Waals surface area contributed by atoms with Crippen LogP contribution in [0.3, 0.4) is 0 Å². The minimum Gasteiger partial charge on any atom is -0.496 e. The van der Waals surface area contributed by atoms with Crippen LogP contribution in [0.5, 0.6) is 5.75 Å². The first-order valence-electron chi connectivity index (χ1n) is 8.61. The van der Waals surface area contributed by atoms with E-state index in [1.807, 2.05) is 38.1 Å². The van der Waals surface area contributed by atoms with Crippen molar-refractivity contribution in [2.24, 2.45) is 0 Å². The number of aromatic amines is 1. The smallest absolute Gasteiger partial charge is 0.230 e. The van der Waals surface area contributed by atoms with E-state index in [9.17, 15) is 9.18 Å². The summed E-state index contributed by atoms with van der Waals surface area (Å²) in [4.78, 5) is 15.8. The van der Waals surface area contributed by atoms with Crippen LogP contribution in [0.15, 0.2) is 48.7 Å². The number of hydrogen-bond acceptors (Lipinski definition) is 2. The lowest BCUT2D eigenvalue weighted by Gasteiger charge is -2.23. The molecule has 0 aliphatic rings. The number of rotatable bonds is 6. The molecule has 0 aliphatic carbocycles. The molecule has 1 heterocycles. The number of carbonyl (C=O) groups is 1. The van der Waals surface area contributed by atoms with E-state index in [2.05, 4.69) is 10.3 Å². The van der Waals surface area contributed by atoms with Gasteiger partial charge in [-0.1, -0.05) is 18.2 Å². The lowest BCUT2D eigenvalue weighted by atomic mass is 9.83. The highest BCUT2D eigenvalue weighted by molar-refractivity contribution is 5.94. The minimum atomic E-state index is -0.739. The van der Waals surface area contributed by atoms with Gasteiger partial charge < -0.3 is 15.0 Å². The summed E-state index contributed by atoms with van der Waals surface area (Å²) < 4.78 is 18.7. The fourth-order valence-corrected chi connectivity index (χ4v) is 3.18. The van der Waals surface area contributed by atoms with Gasteiger partial charge in [0.2, 0.25) is 5.91 Å². The Labute approximate surface area is 152 Å². The molecule has 0 unspecified atom stereocenters. The summed E-state index contributed by atoms with van der Waals surface area (Å²) >= 11 is 0. The van der Waals surface area contributed by atoms with E-state index in [1.54, 1.807) is 19.4 Å². The highest BCUT2D eigenvalue weighted by atomic mass is 19.1. The summed E-state index contributed by atoms with van der Waals surface area (Å²) in [5.41, 5.74) is 1.85. The summed E-state index contributed by atoms with van der Waals surface area (Å²) in [7, 11) is 1.64. The van der Waals surface area contributed by atoms with E-state index >= 15 is 0 Å². The third-order valence-corrected chi connectivity index (χ3v) is 4.76. The van der Waals surface area contributed by atoms with Crippen molar-refractivity contribution in [3.05, 3.63) is 65.6 Å². The van der Waals surface area contributed by atoms with Gasteiger partial charge in [-0.15, -0.1) is 0 Å².